The average Bonchev–Trinajstić information content (AvgIpc) is 2.43. The molecule has 0 fully saturated rings. The third-order valence-corrected chi connectivity index (χ3v) is 5.35. The van der Waals surface area contributed by atoms with Crippen LogP contribution in [0.25, 0.3) is 0 Å². The van der Waals surface area contributed by atoms with Gasteiger partial charge in [-0.25, -0.2) is 13.4 Å². The number of aryl methyl sites for hydroxylation is 1. The van der Waals surface area contributed by atoms with Gasteiger partial charge in [0.2, 0.25) is 0 Å². The first-order valence-electron chi connectivity index (χ1n) is 6.54. The molecule has 2 aromatic rings. The standard InChI is InChI=1S/C15H17BrN2O2S/c1-10(2)12-4-6-14(7-5-12)21(19,20)18-13-8-11(3)15(16)17-9-13/h4-10,18H,1-3H3. The largest absolute Gasteiger partial charge is 0.278 e. The maximum atomic E-state index is 12.3. The normalized spacial score (nSPS) is 11.7. The summed E-state index contributed by atoms with van der Waals surface area (Å²) in [7, 11) is -3.59. The van der Waals surface area contributed by atoms with Gasteiger partial charge in [-0.1, -0.05) is 26.0 Å². The molecule has 6 heteroatoms. The van der Waals surface area contributed by atoms with Crippen molar-refractivity contribution in [3.63, 3.8) is 0 Å². The highest BCUT2D eigenvalue weighted by Gasteiger charge is 2.15. The number of hydrogen-bond acceptors (Lipinski definition) is 3. The molecule has 1 N–H and O–H groups in total. The van der Waals surface area contributed by atoms with Gasteiger partial charge in [0.25, 0.3) is 10.0 Å². The number of halogens is 1. The lowest BCUT2D eigenvalue weighted by Gasteiger charge is -2.10. The van der Waals surface area contributed by atoms with Crippen molar-refractivity contribution in [1.29, 1.82) is 0 Å². The summed E-state index contributed by atoms with van der Waals surface area (Å²) >= 11 is 3.29. The Balaban J connectivity index is 2.27. The van der Waals surface area contributed by atoms with Crippen LogP contribution in [0.5, 0.6) is 0 Å². The van der Waals surface area contributed by atoms with Crippen molar-refractivity contribution in [1.82, 2.24) is 4.98 Å². The van der Waals surface area contributed by atoms with E-state index in [0.717, 1.165) is 11.1 Å². The molecule has 1 heterocycles. The van der Waals surface area contributed by atoms with Gasteiger partial charge in [-0.2, -0.15) is 0 Å². The molecule has 0 amide bonds. The Hall–Kier alpha value is -1.40. The van der Waals surface area contributed by atoms with E-state index in [-0.39, 0.29) is 4.90 Å². The van der Waals surface area contributed by atoms with Crippen LogP contribution < -0.4 is 4.72 Å². The number of pyridine rings is 1. The zero-order valence-corrected chi connectivity index (χ0v) is 14.5. The highest BCUT2D eigenvalue weighted by atomic mass is 79.9. The first kappa shape index (κ1) is 16.0. The van der Waals surface area contributed by atoms with E-state index in [9.17, 15) is 8.42 Å². The fourth-order valence-corrected chi connectivity index (χ4v) is 3.11. The molecule has 0 atom stereocenters. The molecule has 0 aliphatic heterocycles. The Morgan fingerprint density at radius 3 is 2.33 bits per heavy atom. The number of hydrogen-bond donors (Lipinski definition) is 1. The van der Waals surface area contributed by atoms with Crippen molar-refractivity contribution in [3.05, 3.63) is 52.3 Å². The molecular weight excluding hydrogens is 352 g/mol. The van der Waals surface area contributed by atoms with Gasteiger partial charge in [-0.3, -0.25) is 4.72 Å². The van der Waals surface area contributed by atoms with Gasteiger partial charge in [-0.05, 0) is 58.1 Å². The summed E-state index contributed by atoms with van der Waals surface area (Å²) in [5, 5.41) is 0. The van der Waals surface area contributed by atoms with Crippen molar-refractivity contribution in [2.45, 2.75) is 31.6 Å². The summed E-state index contributed by atoms with van der Waals surface area (Å²) in [6.45, 7) is 5.99. The Bertz CT molecular complexity index is 741. The topological polar surface area (TPSA) is 59.1 Å². The maximum absolute atomic E-state index is 12.3. The van der Waals surface area contributed by atoms with Gasteiger partial charge in [0, 0.05) is 0 Å². The van der Waals surface area contributed by atoms with E-state index in [1.165, 1.54) is 6.20 Å². The van der Waals surface area contributed by atoms with Gasteiger partial charge in [-0.15, -0.1) is 0 Å². The Kier molecular flexibility index (Phi) is 4.68. The molecule has 1 aromatic heterocycles. The lowest BCUT2D eigenvalue weighted by Crippen LogP contribution is -2.13. The van der Waals surface area contributed by atoms with E-state index in [4.69, 9.17) is 0 Å². The van der Waals surface area contributed by atoms with Gasteiger partial charge >= 0.3 is 0 Å². The van der Waals surface area contributed by atoms with Crippen LogP contribution >= 0.6 is 15.9 Å². The minimum Gasteiger partial charge on any atom is -0.278 e. The van der Waals surface area contributed by atoms with Crippen molar-refractivity contribution in [2.75, 3.05) is 4.72 Å². The first-order chi connectivity index (χ1) is 9.79. The molecule has 112 valence electrons. The molecular formula is C15H17BrN2O2S. The van der Waals surface area contributed by atoms with Gasteiger partial charge in [0.1, 0.15) is 4.60 Å². The average molecular weight is 369 g/mol. The zero-order chi connectivity index (χ0) is 15.6. The molecule has 0 unspecified atom stereocenters. The summed E-state index contributed by atoms with van der Waals surface area (Å²) in [4.78, 5) is 4.33. The third-order valence-electron chi connectivity index (χ3n) is 3.12. The molecule has 0 radical (unpaired) electrons. The lowest BCUT2D eigenvalue weighted by atomic mass is 10.0. The second-order valence-corrected chi connectivity index (χ2v) is 7.59. The number of sulfonamides is 1. The lowest BCUT2D eigenvalue weighted by molar-refractivity contribution is 0.601. The van der Waals surface area contributed by atoms with Crippen LogP contribution in [-0.4, -0.2) is 13.4 Å². The molecule has 2 rings (SSSR count). The fraction of sp³-hybridized carbons (Fsp3) is 0.267. The van der Waals surface area contributed by atoms with Gasteiger partial charge < -0.3 is 0 Å². The zero-order valence-electron chi connectivity index (χ0n) is 12.1. The quantitative estimate of drug-likeness (QED) is 0.827. The van der Waals surface area contributed by atoms with Crippen molar-refractivity contribution >= 4 is 31.6 Å². The van der Waals surface area contributed by atoms with Crippen molar-refractivity contribution < 1.29 is 8.42 Å². The monoisotopic (exact) mass is 368 g/mol. The van der Waals surface area contributed by atoms with Gasteiger partial charge in [0.05, 0.1) is 16.8 Å². The van der Waals surface area contributed by atoms with Crippen LogP contribution in [-0.2, 0) is 10.0 Å². The van der Waals surface area contributed by atoms with E-state index in [2.05, 4.69) is 39.5 Å². The molecule has 0 saturated carbocycles. The SMILES string of the molecule is Cc1cc(NS(=O)(=O)c2ccc(C(C)C)cc2)cnc1Br. The summed E-state index contributed by atoms with van der Waals surface area (Å²) in [5.41, 5.74) is 2.42. The molecule has 0 saturated heterocycles. The van der Waals surface area contributed by atoms with E-state index in [1.807, 2.05) is 19.1 Å². The Morgan fingerprint density at radius 2 is 1.81 bits per heavy atom. The molecule has 0 bridgehead atoms. The van der Waals surface area contributed by atoms with E-state index >= 15 is 0 Å². The number of aromatic nitrogens is 1. The molecule has 21 heavy (non-hydrogen) atoms. The van der Waals surface area contributed by atoms with E-state index in [1.54, 1.807) is 18.2 Å². The highest BCUT2D eigenvalue weighted by molar-refractivity contribution is 9.10. The smallest absolute Gasteiger partial charge is 0.261 e. The van der Waals surface area contributed by atoms with Crippen LogP contribution in [0.2, 0.25) is 0 Å². The Labute approximate surface area is 133 Å². The van der Waals surface area contributed by atoms with E-state index in [0.29, 0.717) is 16.2 Å². The van der Waals surface area contributed by atoms with Crippen LogP contribution in [0, 0.1) is 6.92 Å². The first-order valence-corrected chi connectivity index (χ1v) is 8.82. The predicted octanol–water partition coefficient (Wildman–Crippen LogP) is 4.08. The minimum absolute atomic E-state index is 0.243. The molecule has 0 aliphatic rings. The molecule has 1 aromatic carbocycles. The number of rotatable bonds is 4. The van der Waals surface area contributed by atoms with Crippen LogP contribution in [0.15, 0.2) is 46.0 Å². The second-order valence-electron chi connectivity index (χ2n) is 5.16. The number of nitrogens with zero attached hydrogens (tertiary/aromatic N) is 1. The maximum Gasteiger partial charge on any atom is 0.261 e. The van der Waals surface area contributed by atoms with Crippen molar-refractivity contribution in [2.24, 2.45) is 0 Å². The summed E-state index contributed by atoms with van der Waals surface area (Å²) in [5.74, 6) is 0.369. The number of nitrogens with one attached hydrogen (secondary N) is 1. The predicted molar refractivity (Wildman–Crippen MR) is 88.0 cm³/mol. The van der Waals surface area contributed by atoms with Crippen molar-refractivity contribution in [3.8, 4) is 0 Å². The Morgan fingerprint density at radius 1 is 1.19 bits per heavy atom. The summed E-state index contributed by atoms with van der Waals surface area (Å²) < 4.78 is 27.9. The van der Waals surface area contributed by atoms with Crippen LogP contribution in [0.4, 0.5) is 5.69 Å². The van der Waals surface area contributed by atoms with E-state index < -0.39 is 10.0 Å². The second kappa shape index (κ2) is 6.15. The number of anilines is 1. The van der Waals surface area contributed by atoms with Crippen LogP contribution in [0.3, 0.4) is 0 Å². The third kappa shape index (κ3) is 3.83. The molecule has 0 spiro atoms. The summed E-state index contributed by atoms with van der Waals surface area (Å²) in [6, 6.07) is 8.65. The molecule has 0 aliphatic carbocycles. The molecule has 4 nitrogen and oxygen atoms in total. The van der Waals surface area contributed by atoms with Crippen LogP contribution in [0.1, 0.15) is 30.9 Å². The highest BCUT2D eigenvalue weighted by Crippen LogP contribution is 2.21. The van der Waals surface area contributed by atoms with Gasteiger partial charge in [0.15, 0.2) is 0 Å². The fourth-order valence-electron chi connectivity index (χ4n) is 1.86. The minimum atomic E-state index is -3.59. The summed E-state index contributed by atoms with van der Waals surface area (Å²) in [6.07, 6.45) is 1.48. The number of benzene rings is 1.